The molecule has 3 N–H and O–H groups in total. The molecule has 1 atom stereocenters. The predicted octanol–water partition coefficient (Wildman–Crippen LogP) is 0.520. The van der Waals surface area contributed by atoms with Crippen LogP contribution in [0.4, 0.5) is 0 Å². The summed E-state index contributed by atoms with van der Waals surface area (Å²) in [6.07, 6.45) is 1.77. The minimum atomic E-state index is 0. The predicted molar refractivity (Wildman–Crippen MR) is 73.5 cm³/mol. The van der Waals surface area contributed by atoms with Crippen molar-refractivity contribution in [2.24, 2.45) is 11.7 Å². The number of nitrogens with two attached hydrogens (primary N) is 1. The van der Waals surface area contributed by atoms with Crippen LogP contribution in [0, 0.1) is 5.92 Å². The van der Waals surface area contributed by atoms with Gasteiger partial charge in [0.2, 0.25) is 11.8 Å². The summed E-state index contributed by atoms with van der Waals surface area (Å²) in [5.74, 6) is 0.455. The molecule has 18 heavy (non-hydrogen) atoms. The van der Waals surface area contributed by atoms with Crippen LogP contribution in [0.2, 0.25) is 0 Å². The van der Waals surface area contributed by atoms with E-state index in [0.29, 0.717) is 31.8 Å². The highest BCUT2D eigenvalue weighted by atomic mass is 35.5. The molecule has 1 saturated heterocycles. The molecule has 0 aromatic heterocycles. The first-order valence-corrected chi connectivity index (χ1v) is 6.29. The third-order valence-electron chi connectivity index (χ3n) is 2.83. The maximum Gasteiger partial charge on any atom is 0.224 e. The van der Waals surface area contributed by atoms with Crippen LogP contribution in [0.1, 0.15) is 33.1 Å². The normalized spacial score (nSPS) is 18.7. The lowest BCUT2D eigenvalue weighted by atomic mass is 10.1. The minimum Gasteiger partial charge on any atom is -0.356 e. The zero-order chi connectivity index (χ0) is 12.8. The second-order valence-electron chi connectivity index (χ2n) is 5.09. The fourth-order valence-electron chi connectivity index (χ4n) is 1.92. The van der Waals surface area contributed by atoms with Gasteiger partial charge >= 0.3 is 0 Å². The van der Waals surface area contributed by atoms with Crippen molar-refractivity contribution in [2.75, 3.05) is 19.6 Å². The zero-order valence-electron chi connectivity index (χ0n) is 11.1. The van der Waals surface area contributed by atoms with Gasteiger partial charge in [-0.15, -0.1) is 12.4 Å². The number of hydrogen-bond donors (Lipinski definition) is 2. The van der Waals surface area contributed by atoms with Crippen LogP contribution < -0.4 is 11.1 Å². The molecular weight excluding hydrogens is 254 g/mol. The second-order valence-corrected chi connectivity index (χ2v) is 5.09. The Balaban J connectivity index is 0.00000289. The largest absolute Gasteiger partial charge is 0.356 e. The quantitative estimate of drug-likeness (QED) is 0.769. The SMILES string of the molecule is CC(C)CC(=O)NCCC(=O)N1CC[C@@H](N)C1.Cl. The van der Waals surface area contributed by atoms with E-state index in [0.717, 1.165) is 13.0 Å². The van der Waals surface area contributed by atoms with E-state index in [1.165, 1.54) is 0 Å². The zero-order valence-corrected chi connectivity index (χ0v) is 12.0. The number of rotatable bonds is 5. The lowest BCUT2D eigenvalue weighted by Crippen LogP contribution is -2.35. The van der Waals surface area contributed by atoms with Crippen LogP contribution in [-0.2, 0) is 9.59 Å². The summed E-state index contributed by atoms with van der Waals surface area (Å²) in [6.45, 7) is 5.82. The summed E-state index contributed by atoms with van der Waals surface area (Å²) < 4.78 is 0. The van der Waals surface area contributed by atoms with Gasteiger partial charge in [-0.1, -0.05) is 13.8 Å². The van der Waals surface area contributed by atoms with Crippen LogP contribution in [0.3, 0.4) is 0 Å². The maximum absolute atomic E-state index is 11.7. The van der Waals surface area contributed by atoms with Crippen LogP contribution >= 0.6 is 12.4 Å². The van der Waals surface area contributed by atoms with Crippen LogP contribution in [0.15, 0.2) is 0 Å². The van der Waals surface area contributed by atoms with Crippen molar-refractivity contribution in [3.63, 3.8) is 0 Å². The number of hydrogen-bond acceptors (Lipinski definition) is 3. The molecule has 0 radical (unpaired) electrons. The molecule has 1 fully saturated rings. The summed E-state index contributed by atoms with van der Waals surface area (Å²) in [5.41, 5.74) is 5.73. The van der Waals surface area contributed by atoms with Crippen LogP contribution in [0.25, 0.3) is 0 Å². The Morgan fingerprint density at radius 2 is 2.11 bits per heavy atom. The number of likely N-dealkylation sites (tertiary alicyclic amines) is 1. The lowest BCUT2D eigenvalue weighted by Gasteiger charge is -2.15. The fraction of sp³-hybridized carbons (Fsp3) is 0.833. The molecule has 0 aromatic carbocycles. The molecule has 1 rings (SSSR count). The maximum atomic E-state index is 11.7. The van der Waals surface area contributed by atoms with Crippen molar-refractivity contribution in [3.8, 4) is 0 Å². The number of halogens is 1. The minimum absolute atomic E-state index is 0. The Kier molecular flexibility index (Phi) is 7.95. The van der Waals surface area contributed by atoms with E-state index in [9.17, 15) is 9.59 Å². The molecule has 0 saturated carbocycles. The average molecular weight is 278 g/mol. The fourth-order valence-corrected chi connectivity index (χ4v) is 1.92. The van der Waals surface area contributed by atoms with Gasteiger partial charge in [-0.05, 0) is 12.3 Å². The van der Waals surface area contributed by atoms with Gasteiger partial charge in [0.1, 0.15) is 0 Å². The Morgan fingerprint density at radius 3 is 2.61 bits per heavy atom. The van der Waals surface area contributed by atoms with Crippen LogP contribution in [0.5, 0.6) is 0 Å². The first-order valence-electron chi connectivity index (χ1n) is 6.29. The van der Waals surface area contributed by atoms with Gasteiger partial charge in [0.15, 0.2) is 0 Å². The Morgan fingerprint density at radius 1 is 1.44 bits per heavy atom. The summed E-state index contributed by atoms with van der Waals surface area (Å²) in [6, 6.07) is 0.120. The van der Waals surface area contributed by atoms with Crippen molar-refractivity contribution in [1.29, 1.82) is 0 Å². The van der Waals surface area contributed by atoms with Crippen LogP contribution in [-0.4, -0.2) is 42.4 Å². The van der Waals surface area contributed by atoms with Gasteiger partial charge in [-0.3, -0.25) is 9.59 Å². The Bertz CT molecular complexity index is 284. The van der Waals surface area contributed by atoms with E-state index >= 15 is 0 Å². The molecule has 0 spiro atoms. The number of nitrogens with one attached hydrogen (secondary N) is 1. The molecule has 5 nitrogen and oxygen atoms in total. The topological polar surface area (TPSA) is 75.4 Å². The molecule has 1 heterocycles. The van der Waals surface area contributed by atoms with E-state index in [1.54, 1.807) is 4.90 Å². The molecule has 2 amide bonds. The van der Waals surface area contributed by atoms with E-state index in [1.807, 2.05) is 13.8 Å². The Labute approximate surface area is 115 Å². The molecule has 106 valence electrons. The molecule has 0 aliphatic carbocycles. The van der Waals surface area contributed by atoms with Crippen molar-refractivity contribution in [2.45, 2.75) is 39.2 Å². The summed E-state index contributed by atoms with van der Waals surface area (Å²) in [7, 11) is 0. The molecular formula is C12H24ClN3O2. The van der Waals surface area contributed by atoms with Crippen molar-refractivity contribution in [3.05, 3.63) is 0 Å². The molecule has 0 aromatic rings. The van der Waals surface area contributed by atoms with Gasteiger partial charge in [0.05, 0.1) is 0 Å². The monoisotopic (exact) mass is 277 g/mol. The number of carbonyl (C=O) groups excluding carboxylic acids is 2. The third kappa shape index (κ3) is 6.21. The van der Waals surface area contributed by atoms with Crippen molar-refractivity contribution in [1.82, 2.24) is 10.2 Å². The summed E-state index contributed by atoms with van der Waals surface area (Å²) in [5, 5.41) is 2.76. The van der Waals surface area contributed by atoms with Gasteiger partial charge in [-0.2, -0.15) is 0 Å². The highest BCUT2D eigenvalue weighted by Gasteiger charge is 2.22. The molecule has 0 bridgehead atoms. The van der Waals surface area contributed by atoms with E-state index in [-0.39, 0.29) is 30.3 Å². The van der Waals surface area contributed by atoms with E-state index in [2.05, 4.69) is 5.32 Å². The van der Waals surface area contributed by atoms with Gasteiger partial charge in [-0.25, -0.2) is 0 Å². The van der Waals surface area contributed by atoms with Crippen molar-refractivity contribution < 1.29 is 9.59 Å². The smallest absolute Gasteiger partial charge is 0.224 e. The summed E-state index contributed by atoms with van der Waals surface area (Å²) >= 11 is 0. The molecule has 1 aliphatic rings. The lowest BCUT2D eigenvalue weighted by molar-refractivity contribution is -0.130. The number of carbonyl (C=O) groups is 2. The number of amides is 2. The van der Waals surface area contributed by atoms with Crippen molar-refractivity contribution >= 4 is 24.2 Å². The standard InChI is InChI=1S/C12H23N3O2.ClH/c1-9(2)7-11(16)14-5-3-12(17)15-6-4-10(13)8-15;/h9-10H,3-8,13H2,1-2H3,(H,14,16);1H/t10-;/m1./s1. The van der Waals surface area contributed by atoms with Gasteiger partial charge in [0.25, 0.3) is 0 Å². The molecule has 0 unspecified atom stereocenters. The Hall–Kier alpha value is -0.810. The molecule has 1 aliphatic heterocycles. The first kappa shape index (κ1) is 17.2. The van der Waals surface area contributed by atoms with Gasteiger partial charge in [0, 0.05) is 38.5 Å². The highest BCUT2D eigenvalue weighted by Crippen LogP contribution is 2.08. The summed E-state index contributed by atoms with van der Waals surface area (Å²) in [4.78, 5) is 24.8. The molecule has 6 heteroatoms. The third-order valence-corrected chi connectivity index (χ3v) is 2.83. The average Bonchev–Trinajstić information content (AvgIpc) is 2.63. The second kappa shape index (κ2) is 8.32. The van der Waals surface area contributed by atoms with Gasteiger partial charge < -0.3 is 16.0 Å². The first-order chi connectivity index (χ1) is 7.99. The van der Waals surface area contributed by atoms with E-state index in [4.69, 9.17) is 5.73 Å². The number of nitrogens with zero attached hydrogens (tertiary/aromatic N) is 1. The van der Waals surface area contributed by atoms with E-state index < -0.39 is 0 Å². The highest BCUT2D eigenvalue weighted by molar-refractivity contribution is 5.85.